The van der Waals surface area contributed by atoms with Gasteiger partial charge in [0.2, 0.25) is 0 Å². The second kappa shape index (κ2) is 8.70. The number of ether oxygens (including phenoxy) is 2. The van der Waals surface area contributed by atoms with Gasteiger partial charge in [-0.2, -0.15) is 9.61 Å². The molecule has 0 atom stereocenters. The monoisotopic (exact) mass is 430 g/mol. The molecule has 2 heterocycles. The Kier molecular flexibility index (Phi) is 5.81. The molecule has 0 bridgehead atoms. The fourth-order valence-corrected chi connectivity index (χ4v) is 3.75. The van der Waals surface area contributed by atoms with Gasteiger partial charge in [-0.1, -0.05) is 30.3 Å². The molecule has 0 saturated heterocycles. The van der Waals surface area contributed by atoms with Crippen molar-refractivity contribution in [2.75, 3.05) is 19.5 Å². The first-order valence-corrected chi connectivity index (χ1v) is 10.3. The molecule has 1 N–H and O–H groups in total. The number of carbonyl (C=O) groups is 1. The standard InChI is InChI=1S/C25H26N4O3/c1-15-12-23(26-14-18-6-8-19(9-7-18)17(3)30)29-25(27-15)24(16(2)28-29)20-10-11-21(31-4)22(13-20)32-5/h6-13,26H,14H2,1-5H3. The molecule has 0 spiro atoms. The lowest BCUT2D eigenvalue weighted by atomic mass is 10.1. The van der Waals surface area contributed by atoms with Gasteiger partial charge >= 0.3 is 0 Å². The molecule has 4 rings (SSSR count). The number of aryl methyl sites for hydroxylation is 2. The highest BCUT2D eigenvalue weighted by atomic mass is 16.5. The molecule has 164 valence electrons. The van der Waals surface area contributed by atoms with Crippen LogP contribution in [0.3, 0.4) is 0 Å². The zero-order chi connectivity index (χ0) is 22.8. The number of ketones is 1. The van der Waals surface area contributed by atoms with Crippen LogP contribution in [0, 0.1) is 13.8 Å². The number of methoxy groups -OCH3 is 2. The van der Waals surface area contributed by atoms with E-state index in [1.165, 1.54) is 0 Å². The summed E-state index contributed by atoms with van der Waals surface area (Å²) in [5.41, 5.74) is 6.20. The van der Waals surface area contributed by atoms with E-state index in [9.17, 15) is 4.79 Å². The normalized spacial score (nSPS) is 10.9. The molecule has 0 unspecified atom stereocenters. The van der Waals surface area contributed by atoms with Crippen molar-refractivity contribution >= 4 is 17.2 Å². The van der Waals surface area contributed by atoms with Crippen LogP contribution in [0.15, 0.2) is 48.5 Å². The van der Waals surface area contributed by atoms with Crippen molar-refractivity contribution in [2.24, 2.45) is 0 Å². The molecule has 0 saturated carbocycles. The summed E-state index contributed by atoms with van der Waals surface area (Å²) >= 11 is 0. The first-order valence-electron chi connectivity index (χ1n) is 10.3. The Morgan fingerprint density at radius 2 is 1.72 bits per heavy atom. The van der Waals surface area contributed by atoms with Crippen LogP contribution < -0.4 is 14.8 Å². The van der Waals surface area contributed by atoms with E-state index in [2.05, 4.69) is 5.32 Å². The van der Waals surface area contributed by atoms with Gasteiger partial charge in [0.05, 0.1) is 19.9 Å². The molecule has 0 radical (unpaired) electrons. The van der Waals surface area contributed by atoms with Gasteiger partial charge in [0, 0.05) is 29.4 Å². The third-order valence-electron chi connectivity index (χ3n) is 5.40. The smallest absolute Gasteiger partial charge is 0.165 e. The maximum Gasteiger partial charge on any atom is 0.165 e. The number of hydrogen-bond acceptors (Lipinski definition) is 6. The van der Waals surface area contributed by atoms with Crippen molar-refractivity contribution in [3.63, 3.8) is 0 Å². The lowest BCUT2D eigenvalue weighted by Gasteiger charge is -2.11. The van der Waals surface area contributed by atoms with Gasteiger partial charge in [-0.25, -0.2) is 4.98 Å². The zero-order valence-corrected chi connectivity index (χ0v) is 18.9. The molecule has 4 aromatic rings. The van der Waals surface area contributed by atoms with Crippen LogP contribution in [-0.2, 0) is 6.54 Å². The fourth-order valence-electron chi connectivity index (χ4n) is 3.75. The number of nitrogens with zero attached hydrogens (tertiary/aromatic N) is 3. The minimum atomic E-state index is 0.0608. The Morgan fingerprint density at radius 1 is 1.00 bits per heavy atom. The Balaban J connectivity index is 1.71. The first-order chi connectivity index (χ1) is 15.4. The van der Waals surface area contributed by atoms with Crippen molar-refractivity contribution in [3.8, 4) is 22.6 Å². The number of nitrogens with one attached hydrogen (secondary N) is 1. The molecule has 32 heavy (non-hydrogen) atoms. The van der Waals surface area contributed by atoms with Crippen LogP contribution in [0.25, 0.3) is 16.8 Å². The van der Waals surface area contributed by atoms with Gasteiger partial charge in [-0.15, -0.1) is 0 Å². The molecule has 0 aliphatic rings. The number of hydrogen-bond donors (Lipinski definition) is 1. The number of rotatable bonds is 7. The number of Topliss-reactive ketones (excluding diaryl/α,β-unsaturated/α-hetero) is 1. The first kappa shape index (κ1) is 21.4. The average molecular weight is 431 g/mol. The van der Waals surface area contributed by atoms with Crippen LogP contribution in [0.4, 0.5) is 5.82 Å². The van der Waals surface area contributed by atoms with Crippen LogP contribution in [0.1, 0.15) is 34.2 Å². The Morgan fingerprint density at radius 3 is 2.38 bits per heavy atom. The Bertz CT molecular complexity index is 1290. The highest BCUT2D eigenvalue weighted by Gasteiger charge is 2.18. The molecule has 0 aliphatic carbocycles. The van der Waals surface area contributed by atoms with E-state index < -0.39 is 0 Å². The van der Waals surface area contributed by atoms with Gasteiger partial charge in [0.15, 0.2) is 22.9 Å². The Hall–Kier alpha value is -3.87. The largest absolute Gasteiger partial charge is 0.493 e. The summed E-state index contributed by atoms with van der Waals surface area (Å²) in [6.45, 7) is 6.11. The predicted molar refractivity (Wildman–Crippen MR) is 125 cm³/mol. The maximum absolute atomic E-state index is 11.5. The number of fused-ring (bicyclic) bond motifs is 1. The molecular weight excluding hydrogens is 404 g/mol. The molecule has 2 aromatic carbocycles. The lowest BCUT2D eigenvalue weighted by molar-refractivity contribution is 0.101. The van der Waals surface area contributed by atoms with Gasteiger partial charge < -0.3 is 14.8 Å². The van der Waals surface area contributed by atoms with Gasteiger partial charge in [0.1, 0.15) is 5.82 Å². The van der Waals surface area contributed by atoms with Crippen LogP contribution in [0.2, 0.25) is 0 Å². The van der Waals surface area contributed by atoms with Gasteiger partial charge in [-0.05, 0) is 44.0 Å². The third-order valence-corrected chi connectivity index (χ3v) is 5.40. The highest BCUT2D eigenvalue weighted by Crippen LogP contribution is 2.35. The van der Waals surface area contributed by atoms with Crippen LogP contribution in [-0.4, -0.2) is 34.6 Å². The molecule has 7 heteroatoms. The van der Waals surface area contributed by atoms with E-state index in [0.29, 0.717) is 23.6 Å². The molecule has 2 aromatic heterocycles. The van der Waals surface area contributed by atoms with E-state index in [1.54, 1.807) is 21.1 Å². The van der Waals surface area contributed by atoms with Crippen molar-refractivity contribution < 1.29 is 14.3 Å². The minimum absolute atomic E-state index is 0.0608. The number of benzene rings is 2. The second-order valence-electron chi connectivity index (χ2n) is 7.66. The summed E-state index contributed by atoms with van der Waals surface area (Å²) in [4.78, 5) is 16.3. The van der Waals surface area contributed by atoms with Gasteiger partial charge in [0.25, 0.3) is 0 Å². The molecule has 7 nitrogen and oxygen atoms in total. The van der Waals surface area contributed by atoms with E-state index in [-0.39, 0.29) is 5.78 Å². The number of aromatic nitrogens is 3. The third kappa shape index (κ3) is 4.01. The minimum Gasteiger partial charge on any atom is -0.493 e. The van der Waals surface area contributed by atoms with Crippen molar-refractivity contribution in [1.82, 2.24) is 14.6 Å². The molecule has 0 fully saturated rings. The van der Waals surface area contributed by atoms with Crippen LogP contribution >= 0.6 is 0 Å². The lowest BCUT2D eigenvalue weighted by Crippen LogP contribution is -2.07. The summed E-state index contributed by atoms with van der Waals surface area (Å²) in [6, 6.07) is 15.4. The highest BCUT2D eigenvalue weighted by molar-refractivity contribution is 5.94. The van der Waals surface area contributed by atoms with Gasteiger partial charge in [-0.3, -0.25) is 4.79 Å². The zero-order valence-electron chi connectivity index (χ0n) is 18.9. The molecular formula is C25H26N4O3. The summed E-state index contributed by atoms with van der Waals surface area (Å²) in [6.07, 6.45) is 0. The average Bonchev–Trinajstić information content (AvgIpc) is 3.12. The summed E-state index contributed by atoms with van der Waals surface area (Å²) < 4.78 is 12.7. The van der Waals surface area contributed by atoms with Crippen molar-refractivity contribution in [2.45, 2.75) is 27.3 Å². The fraction of sp³-hybridized carbons (Fsp3) is 0.240. The summed E-state index contributed by atoms with van der Waals surface area (Å²) in [7, 11) is 3.24. The molecule has 0 amide bonds. The second-order valence-corrected chi connectivity index (χ2v) is 7.66. The van der Waals surface area contributed by atoms with E-state index in [1.807, 2.05) is 66.9 Å². The molecule has 0 aliphatic heterocycles. The van der Waals surface area contributed by atoms with E-state index in [0.717, 1.165) is 39.5 Å². The van der Waals surface area contributed by atoms with Crippen molar-refractivity contribution in [1.29, 1.82) is 0 Å². The van der Waals surface area contributed by atoms with E-state index in [4.69, 9.17) is 19.6 Å². The number of carbonyl (C=O) groups excluding carboxylic acids is 1. The Labute approximate surface area is 187 Å². The quantitative estimate of drug-likeness (QED) is 0.423. The summed E-state index contributed by atoms with van der Waals surface area (Å²) in [5, 5.41) is 8.21. The van der Waals surface area contributed by atoms with E-state index >= 15 is 0 Å². The SMILES string of the molecule is COc1ccc(-c2c(C)nn3c(NCc4ccc(C(C)=O)cc4)cc(C)nc23)cc1OC. The maximum atomic E-state index is 11.5. The summed E-state index contributed by atoms with van der Waals surface area (Å²) in [5.74, 6) is 2.24. The van der Waals surface area contributed by atoms with Crippen molar-refractivity contribution in [3.05, 3.63) is 71.0 Å². The van der Waals surface area contributed by atoms with Crippen LogP contribution in [0.5, 0.6) is 11.5 Å². The topological polar surface area (TPSA) is 77.8 Å². The predicted octanol–water partition coefficient (Wildman–Crippen LogP) is 4.85. The number of anilines is 1.